The Hall–Kier alpha value is -2.14. The Morgan fingerprint density at radius 3 is 2.25 bits per heavy atom. The lowest BCUT2D eigenvalue weighted by Crippen LogP contribution is -2.43. The molecule has 0 aliphatic carbocycles. The predicted octanol–water partition coefficient (Wildman–Crippen LogP) is 2.39. The summed E-state index contributed by atoms with van der Waals surface area (Å²) in [6.07, 6.45) is 2.23. The molecule has 1 aromatic carbocycles. The van der Waals surface area contributed by atoms with Gasteiger partial charge in [0.25, 0.3) is 5.91 Å². The van der Waals surface area contributed by atoms with Crippen LogP contribution < -0.4 is 4.90 Å². The van der Waals surface area contributed by atoms with Crippen molar-refractivity contribution in [1.82, 2.24) is 9.80 Å². The second kappa shape index (κ2) is 6.77. The Balaban J connectivity index is 2.18. The summed E-state index contributed by atoms with van der Waals surface area (Å²) in [4.78, 5) is 30.2. The highest BCUT2D eigenvalue weighted by Crippen LogP contribution is 2.32. The van der Waals surface area contributed by atoms with Crippen LogP contribution in [0.3, 0.4) is 0 Å². The van der Waals surface area contributed by atoms with Crippen molar-refractivity contribution in [2.24, 2.45) is 0 Å². The van der Waals surface area contributed by atoms with Crippen LogP contribution in [0.15, 0.2) is 36.9 Å². The molecule has 1 atom stereocenters. The number of rotatable bonds is 4. The summed E-state index contributed by atoms with van der Waals surface area (Å²) in [6, 6.07) is 7.52. The average molecular weight is 329 g/mol. The van der Waals surface area contributed by atoms with Crippen LogP contribution in [-0.4, -0.2) is 60.9 Å². The fourth-order valence-corrected chi connectivity index (χ4v) is 3.16. The van der Waals surface area contributed by atoms with Crippen molar-refractivity contribution in [2.75, 3.05) is 32.6 Å². The van der Waals surface area contributed by atoms with Crippen LogP contribution in [0.4, 0.5) is 5.69 Å². The third-order valence-electron chi connectivity index (χ3n) is 4.84. The summed E-state index contributed by atoms with van der Waals surface area (Å²) >= 11 is 0. The van der Waals surface area contributed by atoms with Gasteiger partial charge in [0.05, 0.1) is 0 Å². The molecule has 0 N–H and O–H groups in total. The highest BCUT2D eigenvalue weighted by atomic mass is 16.2. The molecule has 130 valence electrons. The zero-order valence-corrected chi connectivity index (χ0v) is 15.2. The van der Waals surface area contributed by atoms with Gasteiger partial charge in [0.1, 0.15) is 0 Å². The number of nitrogens with zero attached hydrogens (tertiary/aromatic N) is 3. The summed E-state index contributed by atoms with van der Waals surface area (Å²) in [5, 5.41) is 0. The van der Waals surface area contributed by atoms with Gasteiger partial charge in [-0.15, -0.1) is 0 Å². The molecule has 2 rings (SSSR count). The number of likely N-dealkylation sites (N-methyl/N-ethyl adjacent to an activating group) is 2. The first-order chi connectivity index (χ1) is 11.2. The molecule has 2 amide bonds. The zero-order valence-electron chi connectivity index (χ0n) is 15.2. The first-order valence-corrected chi connectivity index (χ1v) is 8.16. The maximum atomic E-state index is 12.9. The van der Waals surface area contributed by atoms with Crippen molar-refractivity contribution in [3.63, 3.8) is 0 Å². The molecule has 5 heteroatoms. The molecular formula is C19H27N3O2. The van der Waals surface area contributed by atoms with E-state index in [1.54, 1.807) is 31.3 Å². The van der Waals surface area contributed by atoms with Crippen molar-refractivity contribution in [1.29, 1.82) is 0 Å². The number of amides is 2. The van der Waals surface area contributed by atoms with Crippen molar-refractivity contribution in [2.45, 2.75) is 31.8 Å². The molecule has 1 aliphatic rings. The Bertz CT molecular complexity index is 635. The number of hydrogen-bond donors (Lipinski definition) is 0. The molecule has 1 unspecified atom stereocenters. The quantitative estimate of drug-likeness (QED) is 0.797. The van der Waals surface area contributed by atoms with E-state index in [0.717, 1.165) is 18.7 Å². The molecule has 0 bridgehead atoms. The second-order valence-electron chi connectivity index (χ2n) is 7.20. The van der Waals surface area contributed by atoms with E-state index >= 15 is 0 Å². The highest BCUT2D eigenvalue weighted by molar-refractivity contribution is 6.01. The van der Waals surface area contributed by atoms with E-state index in [2.05, 4.69) is 39.4 Å². The third kappa shape index (κ3) is 3.51. The predicted molar refractivity (Wildman–Crippen MR) is 97.3 cm³/mol. The molecule has 0 spiro atoms. The van der Waals surface area contributed by atoms with Gasteiger partial charge in [-0.1, -0.05) is 6.58 Å². The largest absolute Gasteiger partial charge is 0.332 e. The number of hydrogen-bond acceptors (Lipinski definition) is 3. The van der Waals surface area contributed by atoms with Crippen LogP contribution in [0.5, 0.6) is 0 Å². The van der Waals surface area contributed by atoms with Gasteiger partial charge in [0.15, 0.2) is 0 Å². The molecule has 1 saturated heterocycles. The van der Waals surface area contributed by atoms with Gasteiger partial charge in [-0.05, 0) is 64.7 Å². The van der Waals surface area contributed by atoms with Gasteiger partial charge < -0.3 is 14.7 Å². The van der Waals surface area contributed by atoms with Crippen LogP contribution >= 0.6 is 0 Å². The van der Waals surface area contributed by atoms with Crippen LogP contribution in [-0.2, 0) is 4.79 Å². The minimum Gasteiger partial charge on any atom is -0.332 e. The van der Waals surface area contributed by atoms with Gasteiger partial charge in [0, 0.05) is 36.4 Å². The lowest BCUT2D eigenvalue weighted by molar-refractivity contribution is -0.113. The molecule has 1 fully saturated rings. The van der Waals surface area contributed by atoms with E-state index in [1.807, 2.05) is 4.90 Å². The fraction of sp³-hybridized carbons (Fsp3) is 0.474. The van der Waals surface area contributed by atoms with Crippen molar-refractivity contribution in [3.05, 3.63) is 42.5 Å². The smallest absolute Gasteiger partial charge is 0.254 e. The average Bonchev–Trinajstić information content (AvgIpc) is 2.88. The first-order valence-electron chi connectivity index (χ1n) is 8.16. The topological polar surface area (TPSA) is 43.9 Å². The monoisotopic (exact) mass is 329 g/mol. The Kier molecular flexibility index (Phi) is 5.13. The number of benzene rings is 1. The van der Waals surface area contributed by atoms with Crippen LogP contribution in [0.25, 0.3) is 0 Å². The summed E-state index contributed by atoms with van der Waals surface area (Å²) in [6.45, 7) is 8.44. The van der Waals surface area contributed by atoms with Crippen molar-refractivity contribution < 1.29 is 9.59 Å². The molecular weight excluding hydrogens is 302 g/mol. The van der Waals surface area contributed by atoms with Gasteiger partial charge >= 0.3 is 0 Å². The Morgan fingerprint density at radius 2 is 1.79 bits per heavy atom. The summed E-state index contributed by atoms with van der Waals surface area (Å²) in [7, 11) is 5.79. The molecule has 0 aromatic heterocycles. The van der Waals surface area contributed by atoms with Crippen LogP contribution in [0, 0.1) is 0 Å². The lowest BCUT2D eigenvalue weighted by Gasteiger charge is -2.31. The molecule has 0 radical (unpaired) electrons. The second-order valence-corrected chi connectivity index (χ2v) is 7.20. The summed E-state index contributed by atoms with van der Waals surface area (Å²) < 4.78 is 0. The molecule has 1 aliphatic heterocycles. The lowest BCUT2D eigenvalue weighted by atomic mass is 9.99. The molecule has 5 nitrogen and oxygen atoms in total. The van der Waals surface area contributed by atoms with Crippen LogP contribution in [0.1, 0.15) is 30.6 Å². The fourth-order valence-electron chi connectivity index (χ4n) is 3.16. The summed E-state index contributed by atoms with van der Waals surface area (Å²) in [5.74, 6) is -0.142. The van der Waals surface area contributed by atoms with E-state index in [9.17, 15) is 9.59 Å². The molecule has 1 aromatic rings. The number of carbonyl (C=O) groups excluding carboxylic acids is 2. The van der Waals surface area contributed by atoms with Gasteiger partial charge in [-0.25, -0.2) is 0 Å². The van der Waals surface area contributed by atoms with E-state index in [1.165, 1.54) is 11.0 Å². The first kappa shape index (κ1) is 18.2. The van der Waals surface area contributed by atoms with Crippen molar-refractivity contribution >= 4 is 17.5 Å². The highest BCUT2D eigenvalue weighted by Gasteiger charge is 2.42. The van der Waals surface area contributed by atoms with Crippen LogP contribution in [0.2, 0.25) is 0 Å². The van der Waals surface area contributed by atoms with E-state index in [4.69, 9.17) is 0 Å². The number of likely N-dealkylation sites (tertiary alicyclic amines) is 1. The molecule has 1 heterocycles. The van der Waals surface area contributed by atoms with Gasteiger partial charge in [0.2, 0.25) is 5.91 Å². The van der Waals surface area contributed by atoms with Gasteiger partial charge in [-0.2, -0.15) is 0 Å². The zero-order chi connectivity index (χ0) is 18.1. The summed E-state index contributed by atoms with van der Waals surface area (Å²) in [5.41, 5.74) is 1.22. The normalized spacial score (nSPS) is 19.4. The Labute approximate surface area is 144 Å². The van der Waals surface area contributed by atoms with E-state index < -0.39 is 0 Å². The third-order valence-corrected chi connectivity index (χ3v) is 4.84. The molecule has 24 heavy (non-hydrogen) atoms. The number of carbonyl (C=O) groups is 2. The van der Waals surface area contributed by atoms with E-state index in [-0.39, 0.29) is 17.4 Å². The standard InChI is InChI=1S/C19H27N3O2/c1-7-17(23)21(6)15-10-8-14(9-11-15)18(24)22-13-16(20(4)5)12-19(22,2)3/h7-11,16H,1,12-13H2,2-6H3. The molecule has 0 saturated carbocycles. The minimum absolute atomic E-state index is 0.0357. The Morgan fingerprint density at radius 1 is 1.21 bits per heavy atom. The maximum absolute atomic E-state index is 12.9. The van der Waals surface area contributed by atoms with E-state index in [0.29, 0.717) is 11.6 Å². The van der Waals surface area contributed by atoms with Gasteiger partial charge in [-0.3, -0.25) is 9.59 Å². The number of anilines is 1. The maximum Gasteiger partial charge on any atom is 0.254 e. The SMILES string of the molecule is C=CC(=O)N(C)c1ccc(C(=O)N2CC(N(C)C)CC2(C)C)cc1. The van der Waals surface area contributed by atoms with Crippen molar-refractivity contribution in [3.8, 4) is 0 Å². The minimum atomic E-state index is -0.177.